The Labute approximate surface area is 78.3 Å². The lowest BCUT2D eigenvalue weighted by molar-refractivity contribution is 0.303. The minimum Gasteiger partial charge on any atom is -0.312 e. The van der Waals surface area contributed by atoms with Gasteiger partial charge in [0.2, 0.25) is 0 Å². The smallest absolute Gasteiger partial charge is 0.0788 e. The summed E-state index contributed by atoms with van der Waals surface area (Å²) in [5, 5.41) is 11.3. The first-order valence-corrected chi connectivity index (χ1v) is 4.87. The molecule has 1 aliphatic heterocycles. The van der Waals surface area contributed by atoms with Crippen LogP contribution in [0.5, 0.6) is 0 Å². The third kappa shape index (κ3) is 1.72. The van der Waals surface area contributed by atoms with Crippen LogP contribution in [0.4, 0.5) is 0 Å². The van der Waals surface area contributed by atoms with Crippen molar-refractivity contribution in [1.29, 1.82) is 0 Å². The van der Waals surface area contributed by atoms with Crippen LogP contribution in [0.2, 0.25) is 0 Å². The van der Waals surface area contributed by atoms with E-state index in [1.807, 2.05) is 6.20 Å². The van der Waals surface area contributed by atoms with Crippen LogP contribution in [0.1, 0.15) is 25.6 Å². The molecule has 0 atom stereocenters. The summed E-state index contributed by atoms with van der Waals surface area (Å²) in [5.41, 5.74) is 1.27. The van der Waals surface area contributed by atoms with Gasteiger partial charge in [-0.25, -0.2) is 4.68 Å². The first kappa shape index (κ1) is 8.69. The lowest BCUT2D eigenvalue weighted by Crippen LogP contribution is -2.44. The molecule has 0 spiro atoms. The van der Waals surface area contributed by atoms with E-state index >= 15 is 0 Å². The summed E-state index contributed by atoms with van der Waals surface area (Å²) >= 11 is 0. The summed E-state index contributed by atoms with van der Waals surface area (Å²) in [6, 6.07) is 0.538. The Morgan fingerprint density at radius 1 is 1.62 bits per heavy atom. The van der Waals surface area contributed by atoms with Gasteiger partial charge in [0.05, 0.1) is 17.9 Å². The average Bonchev–Trinajstić information content (AvgIpc) is 2.32. The maximum atomic E-state index is 4.12. The second kappa shape index (κ2) is 3.46. The first-order valence-electron chi connectivity index (χ1n) is 4.87. The fraction of sp³-hybridized carbons (Fsp3) is 0.778. The summed E-state index contributed by atoms with van der Waals surface area (Å²) in [6.07, 6.45) is 2.96. The predicted octanol–water partition coefficient (Wildman–Crippen LogP) is 0.621. The van der Waals surface area contributed by atoms with Crippen molar-refractivity contribution in [3.63, 3.8) is 0 Å². The van der Waals surface area contributed by atoms with E-state index in [0.717, 1.165) is 19.5 Å². The van der Waals surface area contributed by atoms with Crippen LogP contribution in [0, 0.1) is 5.92 Å². The van der Waals surface area contributed by atoms with Gasteiger partial charge in [0, 0.05) is 13.1 Å². The standard InChI is InChI=1S/C9H16N4/c1-7(2)3-8-6-11-12-13(8)9-4-10-5-9/h6-7,9-10H,3-5H2,1-2H3. The molecule has 1 aromatic heterocycles. The fourth-order valence-electron chi connectivity index (χ4n) is 1.58. The van der Waals surface area contributed by atoms with Crippen molar-refractivity contribution in [2.45, 2.75) is 26.3 Å². The van der Waals surface area contributed by atoms with Crippen molar-refractivity contribution >= 4 is 0 Å². The maximum absolute atomic E-state index is 4.12. The van der Waals surface area contributed by atoms with E-state index in [1.54, 1.807) is 0 Å². The summed E-state index contributed by atoms with van der Waals surface area (Å²) < 4.78 is 2.07. The third-order valence-electron chi connectivity index (χ3n) is 2.37. The van der Waals surface area contributed by atoms with E-state index in [4.69, 9.17) is 0 Å². The Hall–Kier alpha value is -0.900. The normalized spacial score (nSPS) is 17.8. The second-order valence-corrected chi connectivity index (χ2v) is 4.08. The molecule has 0 amide bonds. The number of nitrogens with one attached hydrogen (secondary N) is 1. The zero-order valence-electron chi connectivity index (χ0n) is 8.20. The van der Waals surface area contributed by atoms with Crippen LogP contribution < -0.4 is 5.32 Å². The molecule has 2 rings (SSSR count). The van der Waals surface area contributed by atoms with Gasteiger partial charge < -0.3 is 5.32 Å². The molecule has 13 heavy (non-hydrogen) atoms. The highest BCUT2D eigenvalue weighted by molar-refractivity contribution is 4.99. The Morgan fingerprint density at radius 3 is 2.92 bits per heavy atom. The van der Waals surface area contributed by atoms with Crippen LogP contribution in [0.3, 0.4) is 0 Å². The monoisotopic (exact) mass is 180 g/mol. The van der Waals surface area contributed by atoms with Crippen molar-refractivity contribution in [3.05, 3.63) is 11.9 Å². The molecule has 0 unspecified atom stereocenters. The summed E-state index contributed by atoms with van der Waals surface area (Å²) in [5.74, 6) is 0.672. The molecular weight excluding hydrogens is 164 g/mol. The molecule has 1 aliphatic rings. The van der Waals surface area contributed by atoms with E-state index in [1.165, 1.54) is 5.69 Å². The molecule has 72 valence electrons. The SMILES string of the molecule is CC(C)Cc1cnnn1C1CNC1. The van der Waals surface area contributed by atoms with E-state index in [0.29, 0.717) is 12.0 Å². The summed E-state index contributed by atoms with van der Waals surface area (Å²) in [7, 11) is 0. The quantitative estimate of drug-likeness (QED) is 0.741. The van der Waals surface area contributed by atoms with Gasteiger partial charge in [-0.2, -0.15) is 0 Å². The number of nitrogens with zero attached hydrogens (tertiary/aromatic N) is 3. The van der Waals surface area contributed by atoms with E-state index in [2.05, 4.69) is 34.2 Å². The summed E-state index contributed by atoms with van der Waals surface area (Å²) in [4.78, 5) is 0. The van der Waals surface area contributed by atoms with Crippen LogP contribution in [0.15, 0.2) is 6.20 Å². The zero-order chi connectivity index (χ0) is 9.26. The van der Waals surface area contributed by atoms with E-state index in [9.17, 15) is 0 Å². The Balaban J connectivity index is 2.10. The fourth-order valence-corrected chi connectivity index (χ4v) is 1.58. The van der Waals surface area contributed by atoms with Gasteiger partial charge in [0.1, 0.15) is 0 Å². The minimum absolute atomic E-state index is 0.538. The Kier molecular flexibility index (Phi) is 2.31. The maximum Gasteiger partial charge on any atom is 0.0788 e. The number of aromatic nitrogens is 3. The van der Waals surface area contributed by atoms with Gasteiger partial charge in [-0.1, -0.05) is 19.1 Å². The Bertz CT molecular complexity index is 275. The van der Waals surface area contributed by atoms with Crippen LogP contribution in [-0.2, 0) is 6.42 Å². The van der Waals surface area contributed by atoms with Gasteiger partial charge in [-0.05, 0) is 12.3 Å². The van der Waals surface area contributed by atoms with Crippen molar-refractivity contribution in [2.75, 3.05) is 13.1 Å². The molecule has 2 heterocycles. The van der Waals surface area contributed by atoms with Crippen LogP contribution in [-0.4, -0.2) is 28.1 Å². The largest absolute Gasteiger partial charge is 0.312 e. The highest BCUT2D eigenvalue weighted by Gasteiger charge is 2.22. The molecule has 4 nitrogen and oxygen atoms in total. The molecule has 0 bridgehead atoms. The van der Waals surface area contributed by atoms with E-state index in [-0.39, 0.29) is 0 Å². The average molecular weight is 180 g/mol. The molecule has 1 aromatic rings. The molecule has 1 N–H and O–H groups in total. The van der Waals surface area contributed by atoms with E-state index < -0.39 is 0 Å². The minimum atomic E-state index is 0.538. The zero-order valence-corrected chi connectivity index (χ0v) is 8.20. The molecule has 0 aromatic carbocycles. The number of hydrogen-bond donors (Lipinski definition) is 1. The highest BCUT2D eigenvalue weighted by Crippen LogP contribution is 2.14. The van der Waals surface area contributed by atoms with Crippen molar-refractivity contribution in [3.8, 4) is 0 Å². The summed E-state index contributed by atoms with van der Waals surface area (Å²) in [6.45, 7) is 6.51. The molecule has 4 heteroatoms. The van der Waals surface area contributed by atoms with Crippen LogP contribution >= 0.6 is 0 Å². The predicted molar refractivity (Wildman–Crippen MR) is 50.5 cm³/mol. The highest BCUT2D eigenvalue weighted by atomic mass is 15.5. The molecule has 1 fully saturated rings. The molecule has 0 radical (unpaired) electrons. The van der Waals surface area contributed by atoms with Gasteiger partial charge in [0.15, 0.2) is 0 Å². The van der Waals surface area contributed by atoms with Crippen molar-refractivity contribution < 1.29 is 0 Å². The lowest BCUT2D eigenvalue weighted by atomic mass is 10.1. The van der Waals surface area contributed by atoms with Crippen LogP contribution in [0.25, 0.3) is 0 Å². The third-order valence-corrected chi connectivity index (χ3v) is 2.37. The molecule has 0 saturated carbocycles. The van der Waals surface area contributed by atoms with Crippen molar-refractivity contribution in [2.24, 2.45) is 5.92 Å². The topological polar surface area (TPSA) is 42.7 Å². The lowest BCUT2D eigenvalue weighted by Gasteiger charge is -2.28. The molecular formula is C9H16N4. The molecule has 1 saturated heterocycles. The van der Waals surface area contributed by atoms with Gasteiger partial charge in [-0.15, -0.1) is 5.10 Å². The number of rotatable bonds is 3. The van der Waals surface area contributed by atoms with Gasteiger partial charge in [-0.3, -0.25) is 0 Å². The van der Waals surface area contributed by atoms with Crippen molar-refractivity contribution in [1.82, 2.24) is 20.3 Å². The van der Waals surface area contributed by atoms with Gasteiger partial charge >= 0.3 is 0 Å². The van der Waals surface area contributed by atoms with Gasteiger partial charge in [0.25, 0.3) is 0 Å². The second-order valence-electron chi connectivity index (χ2n) is 4.08. The Morgan fingerprint density at radius 2 is 2.38 bits per heavy atom. The number of hydrogen-bond acceptors (Lipinski definition) is 3. The first-order chi connectivity index (χ1) is 6.27. The molecule has 0 aliphatic carbocycles.